The largest absolute Gasteiger partial charge is 0.489 e. The first-order valence-corrected chi connectivity index (χ1v) is 7.86. The zero-order valence-electron chi connectivity index (χ0n) is 13.1. The maximum Gasteiger partial charge on any atom is 0.336 e. The Morgan fingerprint density at radius 2 is 2.04 bits per heavy atom. The van der Waals surface area contributed by atoms with Gasteiger partial charge in [0.05, 0.1) is 6.42 Å². The zero-order chi connectivity index (χ0) is 17.8. The molecule has 0 radical (unpaired) electrons. The fourth-order valence-electron chi connectivity index (χ4n) is 2.46. The lowest BCUT2D eigenvalue weighted by atomic mass is 10.1. The van der Waals surface area contributed by atoms with Crippen LogP contribution in [0, 0.1) is 0 Å². The van der Waals surface area contributed by atoms with Crippen LogP contribution in [0.25, 0.3) is 11.0 Å². The molecule has 0 atom stereocenters. The average Bonchev–Trinajstić information content (AvgIpc) is 2.60. The Bertz CT molecular complexity index is 984. The van der Waals surface area contributed by atoms with E-state index >= 15 is 0 Å². The second-order valence-electron chi connectivity index (χ2n) is 5.41. The summed E-state index contributed by atoms with van der Waals surface area (Å²) >= 11 is 5.96. The van der Waals surface area contributed by atoms with Crippen molar-refractivity contribution in [1.29, 1.82) is 0 Å². The number of hydrogen-bond donors (Lipinski definition) is 2. The maximum absolute atomic E-state index is 11.6. The number of halogens is 1. The van der Waals surface area contributed by atoms with Crippen molar-refractivity contribution in [2.24, 2.45) is 5.84 Å². The van der Waals surface area contributed by atoms with E-state index in [1.165, 1.54) is 6.07 Å². The van der Waals surface area contributed by atoms with Gasteiger partial charge in [-0.15, -0.1) is 0 Å². The summed E-state index contributed by atoms with van der Waals surface area (Å²) < 4.78 is 10.9. The highest BCUT2D eigenvalue weighted by atomic mass is 35.5. The molecule has 0 unspecified atom stereocenters. The van der Waals surface area contributed by atoms with Crippen LogP contribution in [0.3, 0.4) is 0 Å². The highest BCUT2D eigenvalue weighted by molar-refractivity contribution is 6.30. The molecule has 0 saturated carbocycles. The SMILES string of the molecule is NNC(=O)Cc1cc(=O)oc2ccc(OCc3cccc(Cl)c3)cc12. The minimum absolute atomic E-state index is 0.0314. The molecule has 128 valence electrons. The molecule has 1 heterocycles. The van der Waals surface area contributed by atoms with Gasteiger partial charge in [0.15, 0.2) is 0 Å². The van der Waals surface area contributed by atoms with Gasteiger partial charge in [0.25, 0.3) is 0 Å². The number of carbonyl (C=O) groups is 1. The van der Waals surface area contributed by atoms with Crippen molar-refractivity contribution in [3.63, 3.8) is 0 Å². The third-order valence-electron chi connectivity index (χ3n) is 3.61. The Hall–Kier alpha value is -2.83. The highest BCUT2D eigenvalue weighted by Crippen LogP contribution is 2.24. The normalized spacial score (nSPS) is 10.6. The van der Waals surface area contributed by atoms with Crippen LogP contribution in [0.5, 0.6) is 5.75 Å². The molecule has 3 N–H and O–H groups in total. The van der Waals surface area contributed by atoms with Crippen molar-refractivity contribution in [2.75, 3.05) is 0 Å². The summed E-state index contributed by atoms with van der Waals surface area (Å²) in [5.74, 6) is 5.29. The van der Waals surface area contributed by atoms with E-state index in [0.717, 1.165) is 5.56 Å². The van der Waals surface area contributed by atoms with Crippen LogP contribution in [0.2, 0.25) is 5.02 Å². The summed E-state index contributed by atoms with van der Waals surface area (Å²) in [6, 6.07) is 13.7. The van der Waals surface area contributed by atoms with Crippen LogP contribution in [0.1, 0.15) is 11.1 Å². The number of rotatable bonds is 5. The summed E-state index contributed by atoms with van der Waals surface area (Å²) in [5.41, 5.74) is 3.34. The van der Waals surface area contributed by atoms with Gasteiger partial charge in [-0.05, 0) is 41.5 Å². The molecule has 0 bridgehead atoms. The number of nitrogens with two attached hydrogens (primary N) is 1. The van der Waals surface area contributed by atoms with Crippen molar-refractivity contribution in [3.05, 3.63) is 75.1 Å². The number of ether oxygens (including phenoxy) is 1. The van der Waals surface area contributed by atoms with E-state index in [4.69, 9.17) is 26.6 Å². The molecule has 0 fully saturated rings. The van der Waals surface area contributed by atoms with Gasteiger partial charge >= 0.3 is 5.63 Å². The zero-order valence-corrected chi connectivity index (χ0v) is 13.9. The van der Waals surface area contributed by atoms with E-state index in [1.807, 2.05) is 23.6 Å². The Kier molecular flexibility index (Phi) is 5.02. The first kappa shape index (κ1) is 17.0. The highest BCUT2D eigenvalue weighted by Gasteiger charge is 2.11. The van der Waals surface area contributed by atoms with E-state index in [1.54, 1.807) is 24.3 Å². The Morgan fingerprint density at radius 1 is 1.20 bits per heavy atom. The van der Waals surface area contributed by atoms with Crippen molar-refractivity contribution < 1.29 is 13.9 Å². The van der Waals surface area contributed by atoms with Crippen molar-refractivity contribution >= 4 is 28.5 Å². The minimum atomic E-state index is -0.528. The molecular weight excluding hydrogens is 344 g/mol. The molecule has 0 saturated heterocycles. The molecule has 0 aliphatic rings. The second kappa shape index (κ2) is 7.38. The van der Waals surface area contributed by atoms with E-state index in [0.29, 0.717) is 33.9 Å². The molecule has 0 aliphatic heterocycles. The molecule has 2 aromatic carbocycles. The molecule has 0 spiro atoms. The fourth-order valence-corrected chi connectivity index (χ4v) is 2.67. The quantitative estimate of drug-likeness (QED) is 0.316. The smallest absolute Gasteiger partial charge is 0.336 e. The molecule has 1 aromatic heterocycles. The monoisotopic (exact) mass is 358 g/mol. The van der Waals surface area contributed by atoms with Crippen LogP contribution in [0.15, 0.2) is 57.7 Å². The van der Waals surface area contributed by atoms with Crippen LogP contribution in [-0.4, -0.2) is 5.91 Å². The Labute approximate surface area is 148 Å². The number of fused-ring (bicyclic) bond motifs is 1. The van der Waals surface area contributed by atoms with Crippen molar-refractivity contribution in [1.82, 2.24) is 5.43 Å². The third-order valence-corrected chi connectivity index (χ3v) is 3.84. The number of amides is 1. The number of hydrogen-bond acceptors (Lipinski definition) is 5. The standard InChI is InChI=1S/C18H15ClN2O4/c19-13-3-1-2-11(6-13)10-24-14-4-5-16-15(9-14)12(7-17(22)21-20)8-18(23)25-16/h1-6,8-9H,7,10,20H2,(H,21,22). The van der Waals surface area contributed by atoms with Crippen LogP contribution >= 0.6 is 11.6 Å². The lowest BCUT2D eigenvalue weighted by Gasteiger charge is -2.09. The third kappa shape index (κ3) is 4.17. The van der Waals surface area contributed by atoms with E-state index in [2.05, 4.69) is 0 Å². The number of hydrazine groups is 1. The van der Waals surface area contributed by atoms with Crippen LogP contribution in [-0.2, 0) is 17.8 Å². The summed E-state index contributed by atoms with van der Waals surface area (Å²) in [7, 11) is 0. The lowest BCUT2D eigenvalue weighted by molar-refractivity contribution is -0.120. The Morgan fingerprint density at radius 3 is 2.80 bits per heavy atom. The maximum atomic E-state index is 11.6. The fraction of sp³-hybridized carbons (Fsp3) is 0.111. The first-order chi connectivity index (χ1) is 12.0. The number of carbonyl (C=O) groups excluding carboxylic acids is 1. The molecule has 0 aliphatic carbocycles. The van der Waals surface area contributed by atoms with Gasteiger partial charge < -0.3 is 9.15 Å². The molecule has 7 heteroatoms. The van der Waals surface area contributed by atoms with Crippen molar-refractivity contribution in [3.8, 4) is 5.75 Å². The molecular formula is C18H15ClN2O4. The lowest BCUT2D eigenvalue weighted by Crippen LogP contribution is -2.31. The number of nitrogens with one attached hydrogen (secondary N) is 1. The Balaban J connectivity index is 1.89. The van der Waals surface area contributed by atoms with Gasteiger partial charge in [-0.3, -0.25) is 10.2 Å². The second-order valence-corrected chi connectivity index (χ2v) is 5.85. The molecule has 6 nitrogen and oxygen atoms in total. The predicted molar refractivity (Wildman–Crippen MR) is 94.3 cm³/mol. The summed E-state index contributed by atoms with van der Waals surface area (Å²) in [4.78, 5) is 23.2. The molecule has 1 amide bonds. The van der Waals surface area contributed by atoms with Gasteiger partial charge in [0.1, 0.15) is 17.9 Å². The van der Waals surface area contributed by atoms with Gasteiger partial charge in [0, 0.05) is 16.5 Å². The topological polar surface area (TPSA) is 94.6 Å². The number of benzene rings is 2. The van der Waals surface area contributed by atoms with Crippen molar-refractivity contribution in [2.45, 2.75) is 13.0 Å². The van der Waals surface area contributed by atoms with E-state index in [9.17, 15) is 9.59 Å². The van der Waals surface area contributed by atoms with Gasteiger partial charge in [0.2, 0.25) is 5.91 Å². The predicted octanol–water partition coefficient (Wildman–Crippen LogP) is 2.56. The van der Waals surface area contributed by atoms with E-state index in [-0.39, 0.29) is 6.42 Å². The van der Waals surface area contributed by atoms with Gasteiger partial charge in [-0.25, -0.2) is 10.6 Å². The van der Waals surface area contributed by atoms with Gasteiger partial charge in [-0.1, -0.05) is 23.7 Å². The first-order valence-electron chi connectivity index (χ1n) is 7.48. The molecule has 25 heavy (non-hydrogen) atoms. The van der Waals surface area contributed by atoms with Gasteiger partial charge in [-0.2, -0.15) is 0 Å². The van der Waals surface area contributed by atoms with Crippen LogP contribution in [0.4, 0.5) is 0 Å². The molecule has 3 rings (SSSR count). The average molecular weight is 359 g/mol. The van der Waals surface area contributed by atoms with E-state index < -0.39 is 11.5 Å². The van der Waals surface area contributed by atoms with Crippen LogP contribution < -0.4 is 21.6 Å². The summed E-state index contributed by atoms with van der Waals surface area (Å²) in [5, 5.41) is 1.25. The summed E-state index contributed by atoms with van der Waals surface area (Å²) in [6.07, 6.45) is -0.0314. The summed E-state index contributed by atoms with van der Waals surface area (Å²) in [6.45, 7) is 0.335. The minimum Gasteiger partial charge on any atom is -0.489 e. The molecule has 3 aromatic rings.